The first-order valence-electron chi connectivity index (χ1n) is 9.64. The number of nitrogens with two attached hydrogens (primary N) is 2. The Bertz CT molecular complexity index is 656. The number of rotatable bonds is 11. The number of hydrogen-bond donors (Lipinski definition) is 2. The molecule has 0 fully saturated rings. The number of aryl methyl sites for hydroxylation is 1. The molecule has 0 amide bonds. The maximum atomic E-state index is 6.16. The van der Waals surface area contributed by atoms with Gasteiger partial charge in [0.15, 0.2) is 0 Å². The van der Waals surface area contributed by atoms with Crippen LogP contribution in [0.1, 0.15) is 57.4 Å². The lowest BCUT2D eigenvalue weighted by atomic mass is 10.1. The second kappa shape index (κ2) is 10.6. The van der Waals surface area contributed by atoms with Gasteiger partial charge in [0.1, 0.15) is 11.5 Å². The fraction of sp³-hybridized carbons (Fsp3) is 0.455. The molecule has 1 atom stereocenters. The normalized spacial score (nSPS) is 11.9. The van der Waals surface area contributed by atoms with Crippen LogP contribution in [-0.4, -0.2) is 6.29 Å². The summed E-state index contributed by atoms with van der Waals surface area (Å²) in [6.07, 6.45) is 7.84. The lowest BCUT2D eigenvalue weighted by Crippen LogP contribution is -2.24. The van der Waals surface area contributed by atoms with Crippen LogP contribution in [0.2, 0.25) is 0 Å². The van der Waals surface area contributed by atoms with Crippen LogP contribution in [0.3, 0.4) is 0 Å². The molecule has 0 saturated carbocycles. The van der Waals surface area contributed by atoms with Gasteiger partial charge in [0.2, 0.25) is 6.29 Å². The van der Waals surface area contributed by atoms with E-state index in [4.69, 9.17) is 20.9 Å². The van der Waals surface area contributed by atoms with Gasteiger partial charge in [0.25, 0.3) is 0 Å². The Hall–Kier alpha value is -2.36. The predicted octanol–water partition coefficient (Wildman–Crippen LogP) is 5.69. The Morgan fingerprint density at radius 3 is 2.27 bits per heavy atom. The van der Waals surface area contributed by atoms with Crippen molar-refractivity contribution in [3.8, 4) is 11.5 Å². The smallest absolute Gasteiger partial charge is 0.241 e. The Balaban J connectivity index is 1.98. The molecule has 0 aliphatic rings. The first kappa shape index (κ1) is 20.0. The van der Waals surface area contributed by atoms with Crippen molar-refractivity contribution >= 4 is 11.4 Å². The van der Waals surface area contributed by atoms with E-state index in [0.717, 1.165) is 24.2 Å². The Morgan fingerprint density at radius 1 is 0.846 bits per heavy atom. The van der Waals surface area contributed by atoms with Crippen LogP contribution in [0.4, 0.5) is 11.4 Å². The number of para-hydroxylation sites is 1. The van der Waals surface area contributed by atoms with Gasteiger partial charge < -0.3 is 20.9 Å². The minimum Gasteiger partial charge on any atom is -0.455 e. The summed E-state index contributed by atoms with van der Waals surface area (Å²) in [7, 11) is 0. The average molecular weight is 357 g/mol. The van der Waals surface area contributed by atoms with Crippen molar-refractivity contribution in [2.24, 2.45) is 0 Å². The van der Waals surface area contributed by atoms with Crippen molar-refractivity contribution in [2.45, 2.75) is 65.1 Å². The van der Waals surface area contributed by atoms with Crippen molar-refractivity contribution in [1.82, 2.24) is 0 Å². The van der Waals surface area contributed by atoms with E-state index in [2.05, 4.69) is 6.92 Å². The molecule has 2 rings (SSSR count). The molecule has 4 nitrogen and oxygen atoms in total. The number of nitrogen functional groups attached to an aromatic ring is 2. The first-order valence-corrected chi connectivity index (χ1v) is 9.64. The van der Waals surface area contributed by atoms with Gasteiger partial charge in [-0.1, -0.05) is 51.2 Å². The fourth-order valence-corrected chi connectivity index (χ4v) is 2.83. The number of benzene rings is 2. The number of unbranched alkanes of at least 4 members (excludes halogenated alkanes) is 5. The van der Waals surface area contributed by atoms with Gasteiger partial charge in [0.05, 0.1) is 5.69 Å². The zero-order chi connectivity index (χ0) is 18.8. The molecule has 2 aromatic rings. The van der Waals surface area contributed by atoms with Crippen molar-refractivity contribution in [1.29, 1.82) is 0 Å². The monoisotopic (exact) mass is 356 g/mol. The summed E-state index contributed by atoms with van der Waals surface area (Å²) in [6.45, 7) is 4.21. The molecule has 0 aliphatic carbocycles. The largest absolute Gasteiger partial charge is 0.455 e. The zero-order valence-corrected chi connectivity index (χ0v) is 16.0. The summed E-state index contributed by atoms with van der Waals surface area (Å²) in [6, 6.07) is 13.2. The highest BCUT2D eigenvalue weighted by Gasteiger charge is 2.15. The SMILES string of the molecule is CCCCCCCCC(Oc1ccc(N)cc1)Oc1cccc(C)c1N. The molecule has 1 unspecified atom stereocenters. The molecule has 142 valence electrons. The van der Waals surface area contributed by atoms with E-state index in [1.165, 1.54) is 32.1 Å². The van der Waals surface area contributed by atoms with Crippen molar-refractivity contribution in [3.63, 3.8) is 0 Å². The molecule has 2 aromatic carbocycles. The lowest BCUT2D eigenvalue weighted by Gasteiger charge is -2.22. The van der Waals surface area contributed by atoms with E-state index in [1.807, 2.05) is 49.4 Å². The molecule has 26 heavy (non-hydrogen) atoms. The molecule has 0 aliphatic heterocycles. The molecule has 0 aromatic heterocycles. The molecule has 0 radical (unpaired) electrons. The first-order chi connectivity index (χ1) is 12.6. The molecule has 0 saturated heterocycles. The third kappa shape index (κ3) is 6.51. The number of ether oxygens (including phenoxy) is 2. The van der Waals surface area contributed by atoms with Crippen LogP contribution in [0.5, 0.6) is 11.5 Å². The van der Waals surface area contributed by atoms with E-state index in [9.17, 15) is 0 Å². The standard InChI is InChI=1S/C22H32N2O2/c1-3-4-5-6-7-8-12-21(25-19-15-13-18(23)14-16-19)26-20-11-9-10-17(2)22(20)24/h9-11,13-16,21H,3-8,12,23-24H2,1-2H3. The molecule has 4 N–H and O–H groups in total. The summed E-state index contributed by atoms with van der Waals surface area (Å²) in [4.78, 5) is 0. The van der Waals surface area contributed by atoms with Gasteiger partial charge in [-0.05, 0) is 49.2 Å². The summed E-state index contributed by atoms with van der Waals surface area (Å²) < 4.78 is 12.2. The summed E-state index contributed by atoms with van der Waals surface area (Å²) >= 11 is 0. The topological polar surface area (TPSA) is 70.5 Å². The van der Waals surface area contributed by atoms with E-state index in [-0.39, 0.29) is 6.29 Å². The second-order valence-corrected chi connectivity index (χ2v) is 6.78. The second-order valence-electron chi connectivity index (χ2n) is 6.78. The number of anilines is 2. The van der Waals surface area contributed by atoms with Crippen molar-refractivity contribution in [3.05, 3.63) is 48.0 Å². The van der Waals surface area contributed by atoms with Crippen LogP contribution in [0.15, 0.2) is 42.5 Å². The Morgan fingerprint density at radius 2 is 1.54 bits per heavy atom. The highest BCUT2D eigenvalue weighted by Crippen LogP contribution is 2.27. The van der Waals surface area contributed by atoms with E-state index in [1.54, 1.807) is 0 Å². The molecule has 0 bridgehead atoms. The highest BCUT2D eigenvalue weighted by atomic mass is 16.7. The minimum atomic E-state index is -0.367. The quantitative estimate of drug-likeness (QED) is 0.308. The summed E-state index contributed by atoms with van der Waals surface area (Å²) in [5, 5.41) is 0. The number of hydrogen-bond acceptors (Lipinski definition) is 4. The van der Waals surface area contributed by atoms with Gasteiger partial charge in [-0.15, -0.1) is 0 Å². The average Bonchev–Trinajstić information content (AvgIpc) is 2.63. The van der Waals surface area contributed by atoms with Crippen LogP contribution in [-0.2, 0) is 0 Å². The van der Waals surface area contributed by atoms with Crippen molar-refractivity contribution < 1.29 is 9.47 Å². The Labute approximate surface area is 157 Å². The van der Waals surface area contributed by atoms with E-state index >= 15 is 0 Å². The van der Waals surface area contributed by atoms with Crippen LogP contribution in [0, 0.1) is 6.92 Å². The predicted molar refractivity (Wildman–Crippen MR) is 109 cm³/mol. The third-order valence-electron chi connectivity index (χ3n) is 4.48. The van der Waals surface area contributed by atoms with Gasteiger partial charge in [-0.2, -0.15) is 0 Å². The van der Waals surface area contributed by atoms with Gasteiger partial charge >= 0.3 is 0 Å². The van der Waals surface area contributed by atoms with E-state index in [0.29, 0.717) is 17.1 Å². The minimum absolute atomic E-state index is 0.367. The Kier molecular flexibility index (Phi) is 8.13. The maximum absolute atomic E-state index is 6.16. The maximum Gasteiger partial charge on any atom is 0.241 e. The summed E-state index contributed by atoms with van der Waals surface area (Å²) in [5.74, 6) is 1.43. The summed E-state index contributed by atoms with van der Waals surface area (Å²) in [5.41, 5.74) is 14.3. The van der Waals surface area contributed by atoms with Crippen LogP contribution < -0.4 is 20.9 Å². The molecule has 0 heterocycles. The van der Waals surface area contributed by atoms with Gasteiger partial charge in [-0.3, -0.25) is 0 Å². The van der Waals surface area contributed by atoms with Crippen LogP contribution in [0.25, 0.3) is 0 Å². The molecule has 4 heteroatoms. The lowest BCUT2D eigenvalue weighted by molar-refractivity contribution is -0.00191. The zero-order valence-electron chi connectivity index (χ0n) is 16.0. The third-order valence-corrected chi connectivity index (χ3v) is 4.48. The van der Waals surface area contributed by atoms with Gasteiger partial charge in [-0.25, -0.2) is 0 Å². The van der Waals surface area contributed by atoms with Crippen molar-refractivity contribution in [2.75, 3.05) is 11.5 Å². The highest BCUT2D eigenvalue weighted by molar-refractivity contribution is 5.57. The molecule has 0 spiro atoms. The molecular weight excluding hydrogens is 324 g/mol. The molecular formula is C22H32N2O2. The fourth-order valence-electron chi connectivity index (χ4n) is 2.83. The van der Waals surface area contributed by atoms with Crippen LogP contribution >= 0.6 is 0 Å². The van der Waals surface area contributed by atoms with Gasteiger partial charge in [0, 0.05) is 12.1 Å². The van der Waals surface area contributed by atoms with E-state index < -0.39 is 0 Å².